The minimum Gasteiger partial charge on any atom is -0.330 e. The van der Waals surface area contributed by atoms with Crippen LogP contribution < -0.4 is 0 Å². The second-order valence-electron chi connectivity index (χ2n) is 6.06. The van der Waals surface area contributed by atoms with E-state index < -0.39 is 0 Å². The van der Waals surface area contributed by atoms with E-state index in [0.717, 1.165) is 36.2 Å². The molecule has 0 spiro atoms. The van der Waals surface area contributed by atoms with Gasteiger partial charge in [0.15, 0.2) is 4.77 Å². The summed E-state index contributed by atoms with van der Waals surface area (Å²) < 4.78 is 16.6. The van der Waals surface area contributed by atoms with Crippen LogP contribution in [0.3, 0.4) is 0 Å². The normalized spacial score (nSPS) is 18.8. The zero-order chi connectivity index (χ0) is 15.1. The minimum absolute atomic E-state index is 0.211. The van der Waals surface area contributed by atoms with E-state index in [1.54, 1.807) is 6.07 Å². The van der Waals surface area contributed by atoms with E-state index in [1.165, 1.54) is 11.6 Å². The molecule has 0 fully saturated rings. The number of nitrogens with one attached hydrogen (secondary N) is 1. The first-order valence-corrected chi connectivity index (χ1v) is 7.65. The highest BCUT2D eigenvalue weighted by Crippen LogP contribution is 2.26. The van der Waals surface area contributed by atoms with Crippen LogP contribution in [0, 0.1) is 10.6 Å². The van der Waals surface area contributed by atoms with E-state index in [-0.39, 0.29) is 5.82 Å². The van der Waals surface area contributed by atoms with Crippen molar-refractivity contribution in [2.45, 2.75) is 39.9 Å². The molecule has 0 radical (unpaired) electrons. The third kappa shape index (κ3) is 2.68. The number of allylic oxidation sites excluding steroid dienone is 1. The minimum atomic E-state index is -0.211. The van der Waals surface area contributed by atoms with Crippen LogP contribution in [-0.4, -0.2) is 27.0 Å². The second-order valence-corrected chi connectivity index (χ2v) is 6.45. The van der Waals surface area contributed by atoms with Crippen LogP contribution in [0.5, 0.6) is 0 Å². The second kappa shape index (κ2) is 5.39. The zero-order valence-corrected chi connectivity index (χ0v) is 13.4. The van der Waals surface area contributed by atoms with Crippen molar-refractivity contribution in [3.05, 3.63) is 39.9 Å². The molecule has 1 aromatic heterocycles. The van der Waals surface area contributed by atoms with E-state index in [4.69, 9.17) is 12.2 Å². The number of nitrogens with zero attached hydrogens (tertiary/aromatic N) is 2. The Morgan fingerprint density at radius 2 is 2.24 bits per heavy atom. The monoisotopic (exact) mass is 305 g/mol. The fourth-order valence-corrected chi connectivity index (χ4v) is 3.22. The van der Waals surface area contributed by atoms with Crippen LogP contribution >= 0.6 is 12.2 Å². The highest BCUT2D eigenvalue weighted by Gasteiger charge is 2.23. The van der Waals surface area contributed by atoms with Gasteiger partial charge in [-0.3, -0.25) is 4.90 Å². The highest BCUT2D eigenvalue weighted by molar-refractivity contribution is 7.71. The fourth-order valence-electron chi connectivity index (χ4n) is 2.95. The van der Waals surface area contributed by atoms with E-state index in [0.29, 0.717) is 10.8 Å². The molecule has 0 amide bonds. The van der Waals surface area contributed by atoms with E-state index in [9.17, 15) is 4.39 Å². The van der Waals surface area contributed by atoms with Crippen LogP contribution in [0.2, 0.25) is 0 Å². The Labute approximate surface area is 129 Å². The lowest BCUT2D eigenvalue weighted by Crippen LogP contribution is -2.34. The molecule has 5 heteroatoms. The molecule has 1 aliphatic rings. The number of H-pyrrole nitrogens is 1. The quantitative estimate of drug-likeness (QED) is 0.669. The van der Waals surface area contributed by atoms with Gasteiger partial charge in [0.2, 0.25) is 0 Å². The molecule has 21 heavy (non-hydrogen) atoms. The van der Waals surface area contributed by atoms with Gasteiger partial charge in [0.25, 0.3) is 0 Å². The summed E-state index contributed by atoms with van der Waals surface area (Å²) in [6.45, 7) is 8.84. The molecular formula is C16H20FN3S. The zero-order valence-electron chi connectivity index (χ0n) is 12.6. The molecule has 1 aromatic carbocycles. The van der Waals surface area contributed by atoms with Crippen LogP contribution in [0.1, 0.15) is 26.3 Å². The summed E-state index contributed by atoms with van der Waals surface area (Å²) in [5, 5.41) is 0. The molecule has 3 rings (SSSR count). The van der Waals surface area contributed by atoms with Crippen molar-refractivity contribution < 1.29 is 4.39 Å². The first-order valence-electron chi connectivity index (χ1n) is 7.24. The Bertz CT molecular complexity index is 768. The van der Waals surface area contributed by atoms with Gasteiger partial charge in [-0.25, -0.2) is 4.39 Å². The summed E-state index contributed by atoms with van der Waals surface area (Å²) in [4.78, 5) is 5.48. The molecule has 1 atom stereocenters. The lowest BCUT2D eigenvalue weighted by molar-refractivity contribution is 0.210. The van der Waals surface area contributed by atoms with E-state index in [2.05, 4.69) is 41.3 Å². The lowest BCUT2D eigenvalue weighted by atomic mass is 10.1. The number of hydrogen-bond acceptors (Lipinski definition) is 2. The van der Waals surface area contributed by atoms with E-state index in [1.807, 2.05) is 0 Å². The van der Waals surface area contributed by atoms with Gasteiger partial charge in [-0.15, -0.1) is 0 Å². The topological polar surface area (TPSA) is 24.0 Å². The summed E-state index contributed by atoms with van der Waals surface area (Å²) in [6, 6.07) is 3.51. The average molecular weight is 305 g/mol. The molecule has 0 saturated heterocycles. The van der Waals surface area contributed by atoms with Gasteiger partial charge < -0.3 is 9.55 Å². The summed E-state index contributed by atoms with van der Waals surface area (Å²) >= 11 is 5.40. The van der Waals surface area contributed by atoms with Crippen molar-refractivity contribution in [1.82, 2.24) is 14.5 Å². The first kappa shape index (κ1) is 14.5. The van der Waals surface area contributed by atoms with Gasteiger partial charge in [0, 0.05) is 25.7 Å². The Balaban J connectivity index is 2.10. The van der Waals surface area contributed by atoms with Crippen LogP contribution in [0.25, 0.3) is 11.0 Å². The molecule has 112 valence electrons. The number of rotatable bonds is 2. The van der Waals surface area contributed by atoms with Crippen LogP contribution in [0.4, 0.5) is 4.39 Å². The Hall–Kier alpha value is -1.46. The largest absolute Gasteiger partial charge is 0.330 e. The molecule has 0 aliphatic carbocycles. The molecule has 1 aliphatic heterocycles. The molecule has 3 nitrogen and oxygen atoms in total. The maximum atomic E-state index is 13.8. The van der Waals surface area contributed by atoms with Gasteiger partial charge >= 0.3 is 0 Å². The number of aromatic amines is 1. The predicted octanol–water partition coefficient (Wildman–Crippen LogP) is 4.01. The highest BCUT2D eigenvalue weighted by atomic mass is 32.1. The third-order valence-electron chi connectivity index (χ3n) is 4.09. The van der Waals surface area contributed by atoms with Crippen molar-refractivity contribution in [2.24, 2.45) is 0 Å². The van der Waals surface area contributed by atoms with Crippen LogP contribution in [-0.2, 0) is 13.1 Å². The Kier molecular flexibility index (Phi) is 3.71. The number of benzene rings is 1. The maximum Gasteiger partial charge on any atom is 0.178 e. The van der Waals surface area contributed by atoms with Gasteiger partial charge in [-0.05, 0) is 50.7 Å². The average Bonchev–Trinajstić information content (AvgIpc) is 2.61. The Morgan fingerprint density at radius 1 is 1.48 bits per heavy atom. The molecule has 0 bridgehead atoms. The van der Waals surface area contributed by atoms with Crippen molar-refractivity contribution in [1.29, 1.82) is 0 Å². The fraction of sp³-hybridized carbons (Fsp3) is 0.438. The predicted molar refractivity (Wildman–Crippen MR) is 86.4 cm³/mol. The van der Waals surface area contributed by atoms with Gasteiger partial charge in [0.05, 0.1) is 11.0 Å². The van der Waals surface area contributed by atoms with Crippen molar-refractivity contribution in [2.75, 3.05) is 6.54 Å². The maximum absolute atomic E-state index is 13.8. The number of imidazole rings is 1. The number of aromatic nitrogens is 2. The van der Waals surface area contributed by atoms with Crippen molar-refractivity contribution in [3.8, 4) is 0 Å². The molecule has 2 aromatic rings. The summed E-state index contributed by atoms with van der Waals surface area (Å²) in [7, 11) is 0. The molecular weight excluding hydrogens is 285 g/mol. The Morgan fingerprint density at radius 3 is 2.95 bits per heavy atom. The van der Waals surface area contributed by atoms with Crippen molar-refractivity contribution >= 4 is 23.3 Å². The molecule has 2 heterocycles. The smallest absolute Gasteiger partial charge is 0.178 e. The lowest BCUT2D eigenvalue weighted by Gasteiger charge is -2.26. The van der Waals surface area contributed by atoms with Gasteiger partial charge in [0.1, 0.15) is 5.82 Å². The number of halogens is 1. The molecule has 1 unspecified atom stereocenters. The molecule has 0 saturated carbocycles. The van der Waals surface area contributed by atoms with Gasteiger partial charge in [-0.1, -0.05) is 11.6 Å². The van der Waals surface area contributed by atoms with Crippen LogP contribution in [0.15, 0.2) is 23.8 Å². The first-order chi connectivity index (χ1) is 9.95. The van der Waals surface area contributed by atoms with Crippen molar-refractivity contribution in [3.63, 3.8) is 0 Å². The van der Waals surface area contributed by atoms with E-state index >= 15 is 0 Å². The summed E-state index contributed by atoms with van der Waals surface area (Å²) in [5.74, 6) is -0.211. The SMILES string of the molecule is CC(C)=CCN1Cc2cc(F)cc3[nH]c(=S)n(c23)CC1C. The third-order valence-corrected chi connectivity index (χ3v) is 4.41. The summed E-state index contributed by atoms with van der Waals surface area (Å²) in [5.41, 5.74) is 4.15. The number of hydrogen-bond donors (Lipinski definition) is 1. The molecule has 1 N–H and O–H groups in total. The standard InChI is InChI=1S/C16H20FN3S/c1-10(2)4-5-19-9-12-6-13(17)7-14-15(12)20(8-11(19)3)16(21)18-14/h4,6-7,11H,5,8-9H2,1-3H3,(H,18,21). The van der Waals surface area contributed by atoms with Gasteiger partial charge in [-0.2, -0.15) is 0 Å². The summed E-state index contributed by atoms with van der Waals surface area (Å²) in [6.07, 6.45) is 2.22.